The summed E-state index contributed by atoms with van der Waals surface area (Å²) >= 11 is 0. The first-order valence-electron chi connectivity index (χ1n) is 12.2. The Morgan fingerprint density at radius 2 is 1.81 bits per heavy atom. The van der Waals surface area contributed by atoms with E-state index in [0.29, 0.717) is 19.4 Å². The van der Waals surface area contributed by atoms with E-state index < -0.39 is 52.6 Å². The molecular weight excluding hydrogens is 462 g/mol. The van der Waals surface area contributed by atoms with Gasteiger partial charge < -0.3 is 26.4 Å². The fourth-order valence-corrected chi connectivity index (χ4v) is 6.07. The number of nitrogens with zero attached hydrogens (tertiary/aromatic N) is 1. The molecule has 4 rings (SSSR count). The monoisotopic (exact) mass is 497 g/mol. The van der Waals surface area contributed by atoms with Gasteiger partial charge in [0.1, 0.15) is 22.8 Å². The first-order valence-corrected chi connectivity index (χ1v) is 12.2. The van der Waals surface area contributed by atoms with E-state index in [-0.39, 0.29) is 28.1 Å². The van der Waals surface area contributed by atoms with Crippen LogP contribution in [0.4, 0.5) is 0 Å². The molecule has 3 aliphatic carbocycles. The molecule has 4 atom stereocenters. The third kappa shape index (κ3) is 4.20. The summed E-state index contributed by atoms with van der Waals surface area (Å²) in [5.41, 5.74) is 6.88. The standard InChI is InChI=1S/C27H35N3O6/c1-27(2,3)11-29-10-12-6-7-16(31)18-14(12)8-13-9-15-19(23(33)17(13)22(18)32)24(34)20(26(28)36)25(35)21(15)30(4)5/h6-7,13,15,19,21,29,31-32,35H,8-11H2,1-5H3,(H2,28,36). The topological polar surface area (TPSA) is 153 Å². The molecule has 3 aliphatic rings. The molecule has 0 spiro atoms. The van der Waals surface area contributed by atoms with E-state index in [0.717, 1.165) is 17.7 Å². The third-order valence-electron chi connectivity index (χ3n) is 7.52. The van der Waals surface area contributed by atoms with Gasteiger partial charge in [-0.15, -0.1) is 0 Å². The Hall–Kier alpha value is -3.17. The summed E-state index contributed by atoms with van der Waals surface area (Å²) in [6.45, 7) is 7.66. The van der Waals surface area contributed by atoms with E-state index in [1.807, 2.05) is 6.07 Å². The van der Waals surface area contributed by atoms with Crippen LogP contribution in [0.3, 0.4) is 0 Å². The molecule has 0 radical (unpaired) electrons. The quantitative estimate of drug-likeness (QED) is 0.306. The van der Waals surface area contributed by atoms with Crippen molar-refractivity contribution in [2.75, 3.05) is 20.6 Å². The van der Waals surface area contributed by atoms with Gasteiger partial charge in [0.15, 0.2) is 11.6 Å². The number of allylic oxidation sites excluding steroid dienone is 1. The smallest absolute Gasteiger partial charge is 0.255 e. The van der Waals surface area contributed by atoms with E-state index in [1.165, 1.54) is 6.07 Å². The molecule has 194 valence electrons. The molecule has 9 nitrogen and oxygen atoms in total. The van der Waals surface area contributed by atoms with Crippen molar-refractivity contribution < 1.29 is 29.7 Å². The third-order valence-corrected chi connectivity index (χ3v) is 7.52. The summed E-state index contributed by atoms with van der Waals surface area (Å²) < 4.78 is 0. The molecule has 1 aromatic rings. The zero-order chi connectivity index (χ0) is 26.7. The minimum atomic E-state index is -1.25. The van der Waals surface area contributed by atoms with Crippen LogP contribution in [0.25, 0.3) is 5.76 Å². The number of amides is 1. The number of carbonyl (C=O) groups is 3. The molecule has 1 aromatic carbocycles. The van der Waals surface area contributed by atoms with Gasteiger partial charge in [0.2, 0.25) is 0 Å². The molecule has 0 aromatic heterocycles. The largest absolute Gasteiger partial charge is 0.510 e. The Bertz CT molecular complexity index is 1210. The van der Waals surface area contributed by atoms with Crippen LogP contribution in [0.5, 0.6) is 5.75 Å². The van der Waals surface area contributed by atoms with Crippen molar-refractivity contribution in [3.63, 3.8) is 0 Å². The van der Waals surface area contributed by atoms with Crippen LogP contribution in [-0.4, -0.2) is 64.4 Å². The fraction of sp³-hybridized carbons (Fsp3) is 0.519. The van der Waals surface area contributed by atoms with Crippen LogP contribution in [0.1, 0.15) is 43.9 Å². The maximum Gasteiger partial charge on any atom is 0.255 e. The molecule has 0 aliphatic heterocycles. The summed E-state index contributed by atoms with van der Waals surface area (Å²) in [4.78, 5) is 40.7. The van der Waals surface area contributed by atoms with Gasteiger partial charge in [0, 0.05) is 18.7 Å². The second-order valence-electron chi connectivity index (χ2n) is 11.6. The number of aliphatic hydroxyl groups is 2. The zero-order valence-corrected chi connectivity index (χ0v) is 21.4. The van der Waals surface area contributed by atoms with Gasteiger partial charge in [-0.1, -0.05) is 26.8 Å². The highest BCUT2D eigenvalue weighted by Gasteiger charge is 2.55. The Labute approximate surface area is 210 Å². The number of rotatable bonds is 5. The van der Waals surface area contributed by atoms with Crippen LogP contribution in [0.2, 0.25) is 0 Å². The van der Waals surface area contributed by atoms with Crippen molar-refractivity contribution >= 4 is 23.2 Å². The predicted molar refractivity (Wildman–Crippen MR) is 134 cm³/mol. The second kappa shape index (κ2) is 9.05. The molecular formula is C27H35N3O6. The molecule has 1 saturated carbocycles. The Balaban J connectivity index is 1.79. The number of aromatic hydroxyl groups is 1. The molecule has 1 amide bonds. The minimum absolute atomic E-state index is 0.0744. The Morgan fingerprint density at radius 3 is 2.39 bits per heavy atom. The van der Waals surface area contributed by atoms with E-state index in [4.69, 9.17) is 5.73 Å². The van der Waals surface area contributed by atoms with Gasteiger partial charge >= 0.3 is 0 Å². The Morgan fingerprint density at radius 1 is 1.14 bits per heavy atom. The maximum atomic E-state index is 13.7. The lowest BCUT2D eigenvalue weighted by atomic mass is 9.59. The first kappa shape index (κ1) is 25.9. The van der Waals surface area contributed by atoms with Gasteiger partial charge in [-0.3, -0.25) is 19.3 Å². The lowest BCUT2D eigenvalue weighted by Crippen LogP contribution is -2.55. The number of ketones is 2. The van der Waals surface area contributed by atoms with Gasteiger partial charge in [-0.25, -0.2) is 0 Å². The van der Waals surface area contributed by atoms with Gasteiger partial charge in [-0.05, 0) is 61.4 Å². The number of phenols is 1. The number of aliphatic hydroxyl groups excluding tert-OH is 2. The number of nitrogens with one attached hydrogen (secondary N) is 1. The molecule has 0 saturated heterocycles. The lowest BCUT2D eigenvalue weighted by molar-refractivity contribution is -0.136. The van der Waals surface area contributed by atoms with Crippen LogP contribution in [0.15, 0.2) is 29.0 Å². The van der Waals surface area contributed by atoms with Gasteiger partial charge in [-0.2, -0.15) is 0 Å². The predicted octanol–water partition coefficient (Wildman–Crippen LogP) is 1.98. The summed E-state index contributed by atoms with van der Waals surface area (Å²) in [7, 11) is 3.40. The highest BCUT2D eigenvalue weighted by atomic mass is 16.3. The summed E-state index contributed by atoms with van der Waals surface area (Å²) in [6.07, 6.45) is 0.733. The van der Waals surface area contributed by atoms with E-state index in [9.17, 15) is 29.7 Å². The second-order valence-corrected chi connectivity index (χ2v) is 11.6. The van der Waals surface area contributed by atoms with Crippen LogP contribution < -0.4 is 11.1 Å². The van der Waals surface area contributed by atoms with Crippen molar-refractivity contribution in [3.05, 3.63) is 45.7 Å². The lowest BCUT2D eigenvalue weighted by Gasteiger charge is -2.46. The SMILES string of the molecule is CN(C)C1C(O)=C(C(N)=O)C(=O)C2C(=O)C3=C(O)c4c(O)ccc(CNCC(C)(C)C)c4CC3CC21. The van der Waals surface area contributed by atoms with Crippen molar-refractivity contribution in [1.82, 2.24) is 10.2 Å². The van der Waals surface area contributed by atoms with Crippen LogP contribution in [-0.2, 0) is 27.3 Å². The summed E-state index contributed by atoms with van der Waals surface area (Å²) in [5.74, 6) is -5.62. The molecule has 36 heavy (non-hydrogen) atoms. The number of hydrogen-bond donors (Lipinski definition) is 5. The average molecular weight is 498 g/mol. The molecule has 4 unspecified atom stereocenters. The number of primary amides is 1. The highest BCUT2D eigenvalue weighted by molar-refractivity contribution is 6.28. The fourth-order valence-electron chi connectivity index (χ4n) is 6.07. The summed E-state index contributed by atoms with van der Waals surface area (Å²) in [6, 6.07) is 2.57. The van der Waals surface area contributed by atoms with Gasteiger partial charge in [0.05, 0.1) is 17.5 Å². The summed E-state index contributed by atoms with van der Waals surface area (Å²) in [5, 5.41) is 36.1. The van der Waals surface area contributed by atoms with Crippen molar-refractivity contribution in [2.45, 2.75) is 46.2 Å². The number of phenolic OH excluding ortho intramolecular Hbond substituents is 1. The normalized spacial score (nSPS) is 26.2. The highest BCUT2D eigenvalue weighted by Crippen LogP contribution is 2.50. The number of Topliss-reactive ketones (excluding diaryl/α,β-unsaturated/α-hetero) is 2. The molecule has 0 bridgehead atoms. The van der Waals surface area contributed by atoms with Gasteiger partial charge in [0.25, 0.3) is 5.91 Å². The first-order chi connectivity index (χ1) is 16.7. The molecule has 0 heterocycles. The number of fused-ring (bicyclic) bond motifs is 3. The molecule has 1 fully saturated rings. The van der Waals surface area contributed by atoms with Crippen LogP contribution in [0, 0.1) is 23.2 Å². The zero-order valence-electron chi connectivity index (χ0n) is 21.4. The van der Waals surface area contributed by atoms with Crippen molar-refractivity contribution in [2.24, 2.45) is 28.9 Å². The number of hydrogen-bond acceptors (Lipinski definition) is 8. The minimum Gasteiger partial charge on any atom is -0.510 e. The van der Waals surface area contributed by atoms with Crippen molar-refractivity contribution in [3.8, 4) is 5.75 Å². The Kier molecular flexibility index (Phi) is 6.51. The van der Waals surface area contributed by atoms with Crippen molar-refractivity contribution in [1.29, 1.82) is 0 Å². The van der Waals surface area contributed by atoms with E-state index in [2.05, 4.69) is 26.1 Å². The number of likely N-dealkylation sites (N-methyl/N-ethyl adjacent to an activating group) is 1. The number of carbonyl (C=O) groups excluding carboxylic acids is 3. The van der Waals surface area contributed by atoms with E-state index in [1.54, 1.807) is 19.0 Å². The molecule has 6 N–H and O–H groups in total. The van der Waals surface area contributed by atoms with Crippen LogP contribution >= 0.6 is 0 Å². The average Bonchev–Trinajstić information content (AvgIpc) is 2.73. The maximum absolute atomic E-state index is 13.7. The van der Waals surface area contributed by atoms with E-state index >= 15 is 0 Å². The number of nitrogens with two attached hydrogens (primary N) is 1. The number of benzene rings is 1. The molecule has 9 heteroatoms.